The fourth-order valence-corrected chi connectivity index (χ4v) is 2.02. The Hall–Kier alpha value is -1.95. The van der Waals surface area contributed by atoms with E-state index in [1.54, 1.807) is 30.3 Å². The van der Waals surface area contributed by atoms with Gasteiger partial charge in [-0.1, -0.05) is 32.9 Å². The summed E-state index contributed by atoms with van der Waals surface area (Å²) in [5.74, 6) is 0.823. The van der Waals surface area contributed by atoms with Crippen LogP contribution in [0.1, 0.15) is 37.0 Å². The summed E-state index contributed by atoms with van der Waals surface area (Å²) in [5.41, 5.74) is 5.43. The highest BCUT2D eigenvalue weighted by Gasteiger charge is 2.20. The van der Waals surface area contributed by atoms with Crippen molar-refractivity contribution in [2.75, 3.05) is 0 Å². The molecule has 0 fully saturated rings. The van der Waals surface area contributed by atoms with Crippen molar-refractivity contribution >= 4 is 21.8 Å². The topological polar surface area (TPSA) is 78.1 Å². The first-order valence-corrected chi connectivity index (χ1v) is 7.18. The first-order valence-electron chi connectivity index (χ1n) is 6.39. The van der Waals surface area contributed by atoms with Crippen LogP contribution in [0, 0.1) is 0 Å². The number of aromatic nitrogens is 2. The maximum absolute atomic E-state index is 11.4. The first kappa shape index (κ1) is 15.4. The number of benzene rings is 1. The Labute approximate surface area is 131 Å². The summed E-state index contributed by atoms with van der Waals surface area (Å²) in [5, 5.41) is 0. The van der Waals surface area contributed by atoms with Gasteiger partial charge in [0.15, 0.2) is 0 Å². The number of halogens is 1. The van der Waals surface area contributed by atoms with Crippen molar-refractivity contribution in [2.45, 2.75) is 26.2 Å². The number of nitrogens with two attached hydrogens (primary N) is 1. The zero-order valence-electron chi connectivity index (χ0n) is 12.1. The summed E-state index contributed by atoms with van der Waals surface area (Å²) in [7, 11) is 0. The first-order chi connectivity index (χ1) is 9.77. The number of carbonyl (C=O) groups excluding carboxylic acids is 1. The Kier molecular flexibility index (Phi) is 4.27. The molecule has 0 atom stereocenters. The molecule has 0 unspecified atom stereocenters. The zero-order valence-corrected chi connectivity index (χ0v) is 13.6. The van der Waals surface area contributed by atoms with Crippen molar-refractivity contribution in [3.8, 4) is 11.6 Å². The molecular formula is C15H16BrN3O2. The summed E-state index contributed by atoms with van der Waals surface area (Å²) in [6.45, 7) is 6.03. The molecule has 0 radical (unpaired) electrons. The van der Waals surface area contributed by atoms with E-state index in [0.717, 1.165) is 0 Å². The van der Waals surface area contributed by atoms with E-state index in [0.29, 0.717) is 27.6 Å². The highest BCUT2D eigenvalue weighted by molar-refractivity contribution is 9.10. The molecule has 1 heterocycles. The van der Waals surface area contributed by atoms with Gasteiger partial charge in [-0.15, -0.1) is 0 Å². The molecular weight excluding hydrogens is 334 g/mol. The van der Waals surface area contributed by atoms with E-state index in [-0.39, 0.29) is 5.41 Å². The fourth-order valence-electron chi connectivity index (χ4n) is 1.66. The standard InChI is InChI=1S/C15H16BrN3O2/c1-15(2,3)14-18-11(16)8-12(19-14)21-10-7-5-4-6-9(10)13(17)20/h4-8H,1-3H3,(H2,17,20). The van der Waals surface area contributed by atoms with E-state index in [4.69, 9.17) is 10.5 Å². The lowest BCUT2D eigenvalue weighted by Crippen LogP contribution is -2.16. The monoisotopic (exact) mass is 349 g/mol. The number of carbonyl (C=O) groups is 1. The van der Waals surface area contributed by atoms with Crippen LogP contribution in [-0.4, -0.2) is 15.9 Å². The molecule has 0 saturated heterocycles. The molecule has 6 heteroatoms. The molecule has 0 aliphatic carbocycles. The Balaban J connectivity index is 2.41. The van der Waals surface area contributed by atoms with Gasteiger partial charge < -0.3 is 10.5 Å². The van der Waals surface area contributed by atoms with Crippen LogP contribution in [0.4, 0.5) is 0 Å². The predicted octanol–water partition coefficient (Wildman–Crippen LogP) is 3.43. The average molecular weight is 350 g/mol. The van der Waals surface area contributed by atoms with E-state index in [9.17, 15) is 4.79 Å². The van der Waals surface area contributed by atoms with Crippen LogP contribution in [0.5, 0.6) is 11.6 Å². The quantitative estimate of drug-likeness (QED) is 0.861. The molecule has 21 heavy (non-hydrogen) atoms. The highest BCUT2D eigenvalue weighted by Crippen LogP contribution is 2.28. The van der Waals surface area contributed by atoms with Crippen molar-refractivity contribution in [3.63, 3.8) is 0 Å². The molecule has 0 aliphatic rings. The van der Waals surface area contributed by atoms with Crippen molar-refractivity contribution in [1.29, 1.82) is 0 Å². The molecule has 1 aromatic heterocycles. The Bertz CT molecular complexity index is 681. The second-order valence-electron chi connectivity index (χ2n) is 5.56. The smallest absolute Gasteiger partial charge is 0.252 e. The minimum absolute atomic E-state index is 0.217. The van der Waals surface area contributed by atoms with Gasteiger partial charge in [-0.25, -0.2) is 4.98 Å². The van der Waals surface area contributed by atoms with Gasteiger partial charge in [0.05, 0.1) is 5.56 Å². The second kappa shape index (κ2) is 5.81. The van der Waals surface area contributed by atoms with Crippen LogP contribution >= 0.6 is 15.9 Å². The summed E-state index contributed by atoms with van der Waals surface area (Å²) in [4.78, 5) is 20.1. The van der Waals surface area contributed by atoms with Crippen molar-refractivity contribution < 1.29 is 9.53 Å². The zero-order chi connectivity index (χ0) is 15.6. The SMILES string of the molecule is CC(C)(C)c1nc(Br)cc(Oc2ccccc2C(N)=O)n1. The lowest BCUT2D eigenvalue weighted by molar-refractivity contribution is 0.0998. The molecule has 5 nitrogen and oxygen atoms in total. The van der Waals surface area contributed by atoms with Crippen LogP contribution in [0.15, 0.2) is 34.9 Å². The third kappa shape index (κ3) is 3.78. The van der Waals surface area contributed by atoms with E-state index in [1.165, 1.54) is 0 Å². The number of primary amides is 1. The van der Waals surface area contributed by atoms with Gasteiger partial charge in [0.1, 0.15) is 16.2 Å². The molecule has 0 aliphatic heterocycles. The second-order valence-corrected chi connectivity index (χ2v) is 6.38. The fraction of sp³-hybridized carbons (Fsp3) is 0.267. The highest BCUT2D eigenvalue weighted by atomic mass is 79.9. The predicted molar refractivity (Wildman–Crippen MR) is 83.5 cm³/mol. The molecule has 2 rings (SSSR count). The normalized spacial score (nSPS) is 11.2. The summed E-state index contributed by atoms with van der Waals surface area (Å²) in [6, 6.07) is 8.42. The number of rotatable bonds is 3. The Morgan fingerprint density at radius 1 is 1.24 bits per heavy atom. The average Bonchev–Trinajstić information content (AvgIpc) is 2.37. The van der Waals surface area contributed by atoms with Crippen LogP contribution in [0.2, 0.25) is 0 Å². The maximum atomic E-state index is 11.4. The number of hydrogen-bond donors (Lipinski definition) is 1. The summed E-state index contributed by atoms with van der Waals surface area (Å²) >= 11 is 3.34. The molecule has 2 N–H and O–H groups in total. The minimum atomic E-state index is -0.547. The van der Waals surface area contributed by atoms with Crippen LogP contribution in [-0.2, 0) is 5.41 Å². The molecule has 0 spiro atoms. The van der Waals surface area contributed by atoms with Crippen LogP contribution < -0.4 is 10.5 Å². The third-order valence-corrected chi connectivity index (χ3v) is 3.12. The van der Waals surface area contributed by atoms with Crippen molar-refractivity contribution in [3.05, 3.63) is 46.3 Å². The number of nitrogens with zero attached hydrogens (tertiary/aromatic N) is 2. The largest absolute Gasteiger partial charge is 0.438 e. The van der Waals surface area contributed by atoms with Gasteiger partial charge in [0.25, 0.3) is 5.91 Å². The van der Waals surface area contributed by atoms with Crippen molar-refractivity contribution in [2.24, 2.45) is 5.73 Å². The van der Waals surface area contributed by atoms with E-state index in [1.807, 2.05) is 20.8 Å². The van der Waals surface area contributed by atoms with Gasteiger partial charge in [0.2, 0.25) is 5.88 Å². The number of amides is 1. The summed E-state index contributed by atoms with van der Waals surface area (Å²) in [6.07, 6.45) is 0. The Morgan fingerprint density at radius 2 is 1.90 bits per heavy atom. The lowest BCUT2D eigenvalue weighted by Gasteiger charge is -2.17. The molecule has 0 bridgehead atoms. The van der Waals surface area contributed by atoms with Gasteiger partial charge >= 0.3 is 0 Å². The van der Waals surface area contributed by atoms with Gasteiger partial charge in [-0.05, 0) is 28.1 Å². The van der Waals surface area contributed by atoms with E-state index in [2.05, 4.69) is 25.9 Å². The molecule has 1 aromatic carbocycles. The molecule has 110 valence electrons. The van der Waals surface area contributed by atoms with Crippen LogP contribution in [0.3, 0.4) is 0 Å². The molecule has 1 amide bonds. The number of para-hydroxylation sites is 1. The summed E-state index contributed by atoms with van der Waals surface area (Å²) < 4.78 is 6.32. The Morgan fingerprint density at radius 3 is 2.52 bits per heavy atom. The molecule has 2 aromatic rings. The third-order valence-electron chi connectivity index (χ3n) is 2.71. The minimum Gasteiger partial charge on any atom is -0.438 e. The van der Waals surface area contributed by atoms with Gasteiger partial charge in [-0.2, -0.15) is 4.98 Å². The number of ether oxygens (including phenoxy) is 1. The molecule has 0 saturated carbocycles. The van der Waals surface area contributed by atoms with Crippen LogP contribution in [0.25, 0.3) is 0 Å². The van der Waals surface area contributed by atoms with E-state index >= 15 is 0 Å². The van der Waals surface area contributed by atoms with E-state index < -0.39 is 5.91 Å². The number of hydrogen-bond acceptors (Lipinski definition) is 4. The van der Waals surface area contributed by atoms with Gasteiger partial charge in [-0.3, -0.25) is 4.79 Å². The lowest BCUT2D eigenvalue weighted by atomic mass is 9.96. The maximum Gasteiger partial charge on any atom is 0.252 e. The van der Waals surface area contributed by atoms with Gasteiger partial charge in [0, 0.05) is 11.5 Å². The van der Waals surface area contributed by atoms with Crippen molar-refractivity contribution in [1.82, 2.24) is 9.97 Å².